The molecule has 0 aliphatic heterocycles. The van der Waals surface area contributed by atoms with Crippen molar-refractivity contribution in [2.75, 3.05) is 21.3 Å². The van der Waals surface area contributed by atoms with Crippen molar-refractivity contribution in [2.24, 2.45) is 0 Å². The maximum Gasteiger partial charge on any atom is 0.239 e. The van der Waals surface area contributed by atoms with Crippen molar-refractivity contribution in [3.8, 4) is 28.6 Å². The van der Waals surface area contributed by atoms with E-state index in [1.54, 1.807) is 43.5 Å². The Morgan fingerprint density at radius 1 is 1.00 bits per heavy atom. The summed E-state index contributed by atoms with van der Waals surface area (Å²) in [5.41, 5.74) is 1.24. The molecule has 0 saturated heterocycles. The van der Waals surface area contributed by atoms with E-state index in [2.05, 4.69) is 0 Å². The molecule has 0 saturated carbocycles. The van der Waals surface area contributed by atoms with Gasteiger partial charge >= 0.3 is 0 Å². The minimum absolute atomic E-state index is 0.0905. The average Bonchev–Trinajstić information content (AvgIpc) is 2.66. The molecule has 25 heavy (non-hydrogen) atoms. The Labute approximate surface area is 144 Å². The smallest absolute Gasteiger partial charge is 0.239 e. The monoisotopic (exact) mass is 342 g/mol. The highest BCUT2D eigenvalue weighted by Gasteiger charge is 2.20. The van der Waals surface area contributed by atoms with Crippen LogP contribution < -0.4 is 19.6 Å². The number of fused-ring (bicyclic) bond motifs is 1. The first-order chi connectivity index (χ1) is 12.1. The largest absolute Gasteiger partial charge is 0.497 e. The van der Waals surface area contributed by atoms with E-state index in [9.17, 15) is 9.90 Å². The molecule has 0 amide bonds. The van der Waals surface area contributed by atoms with E-state index in [-0.39, 0.29) is 23.2 Å². The number of methoxy groups -OCH3 is 3. The Kier molecular flexibility index (Phi) is 4.63. The Hall–Kier alpha value is -2.99. The second-order valence-corrected chi connectivity index (χ2v) is 5.35. The molecule has 0 unspecified atom stereocenters. The first kappa shape index (κ1) is 16.9. The van der Waals surface area contributed by atoms with Crippen molar-refractivity contribution in [3.63, 3.8) is 0 Å². The summed E-state index contributed by atoms with van der Waals surface area (Å²) in [6.45, 7) is -0.195. The highest BCUT2D eigenvalue weighted by molar-refractivity contribution is 5.88. The maximum absolute atomic E-state index is 12.9. The van der Waals surface area contributed by atoms with Gasteiger partial charge in [0.1, 0.15) is 22.5 Å². The SMILES string of the molecule is COc1ccc(-c2oc3cc(CO)cc(OC)c3c(=O)c2OC)cc1. The van der Waals surface area contributed by atoms with Crippen LogP contribution in [0.4, 0.5) is 0 Å². The van der Waals surface area contributed by atoms with Crippen molar-refractivity contribution in [3.05, 3.63) is 52.2 Å². The lowest BCUT2D eigenvalue weighted by atomic mass is 10.1. The number of ether oxygens (including phenoxy) is 3. The summed E-state index contributed by atoms with van der Waals surface area (Å²) in [7, 11) is 4.45. The molecule has 6 heteroatoms. The molecular formula is C19H18O6. The van der Waals surface area contributed by atoms with Gasteiger partial charge in [0.25, 0.3) is 0 Å². The third kappa shape index (κ3) is 2.92. The van der Waals surface area contributed by atoms with E-state index in [1.165, 1.54) is 14.2 Å². The van der Waals surface area contributed by atoms with E-state index < -0.39 is 0 Å². The molecule has 0 aliphatic rings. The predicted molar refractivity (Wildman–Crippen MR) is 93.5 cm³/mol. The van der Waals surface area contributed by atoms with Crippen molar-refractivity contribution in [2.45, 2.75) is 6.61 Å². The topological polar surface area (TPSA) is 78.1 Å². The van der Waals surface area contributed by atoms with Gasteiger partial charge in [-0.3, -0.25) is 4.79 Å². The molecule has 3 rings (SSSR count). The van der Waals surface area contributed by atoms with Crippen molar-refractivity contribution in [1.82, 2.24) is 0 Å². The lowest BCUT2D eigenvalue weighted by Gasteiger charge is -2.12. The highest BCUT2D eigenvalue weighted by Crippen LogP contribution is 2.35. The summed E-state index contributed by atoms with van der Waals surface area (Å²) in [5, 5.41) is 9.69. The minimum Gasteiger partial charge on any atom is -0.497 e. The summed E-state index contributed by atoms with van der Waals surface area (Å²) in [4.78, 5) is 12.9. The fourth-order valence-electron chi connectivity index (χ4n) is 2.69. The Morgan fingerprint density at radius 3 is 2.28 bits per heavy atom. The number of hydrogen-bond donors (Lipinski definition) is 1. The lowest BCUT2D eigenvalue weighted by molar-refractivity contribution is 0.281. The van der Waals surface area contributed by atoms with Gasteiger partial charge in [-0.2, -0.15) is 0 Å². The first-order valence-corrected chi connectivity index (χ1v) is 7.60. The molecule has 6 nitrogen and oxygen atoms in total. The summed E-state index contributed by atoms with van der Waals surface area (Å²) < 4.78 is 21.7. The van der Waals surface area contributed by atoms with Gasteiger partial charge in [-0.05, 0) is 42.0 Å². The molecule has 0 bridgehead atoms. The van der Waals surface area contributed by atoms with Crippen LogP contribution in [-0.2, 0) is 6.61 Å². The van der Waals surface area contributed by atoms with Gasteiger partial charge in [-0.25, -0.2) is 0 Å². The van der Waals surface area contributed by atoms with Crippen LogP contribution in [0.15, 0.2) is 45.6 Å². The minimum atomic E-state index is -0.337. The number of hydrogen-bond acceptors (Lipinski definition) is 6. The van der Waals surface area contributed by atoms with Crippen molar-refractivity contribution in [1.29, 1.82) is 0 Å². The molecule has 130 valence electrons. The Bertz CT molecular complexity index is 956. The van der Waals surface area contributed by atoms with E-state index in [0.29, 0.717) is 34.0 Å². The van der Waals surface area contributed by atoms with Gasteiger partial charge in [-0.1, -0.05) is 0 Å². The molecule has 2 aromatic carbocycles. The van der Waals surface area contributed by atoms with Gasteiger partial charge < -0.3 is 23.7 Å². The zero-order valence-electron chi connectivity index (χ0n) is 14.2. The summed E-state index contributed by atoms with van der Waals surface area (Å²) in [5.74, 6) is 1.41. The van der Waals surface area contributed by atoms with Crippen LogP contribution in [0.2, 0.25) is 0 Å². The number of aliphatic hydroxyl groups is 1. The molecule has 1 heterocycles. The third-order valence-electron chi connectivity index (χ3n) is 3.94. The van der Waals surface area contributed by atoms with Crippen LogP contribution in [0.3, 0.4) is 0 Å². The van der Waals surface area contributed by atoms with Gasteiger partial charge in [0.05, 0.1) is 27.9 Å². The second-order valence-electron chi connectivity index (χ2n) is 5.35. The zero-order valence-corrected chi connectivity index (χ0v) is 14.2. The standard InChI is InChI=1S/C19H18O6/c1-22-13-6-4-12(5-7-13)18-19(24-3)17(21)16-14(23-2)8-11(10-20)9-15(16)25-18/h4-9,20H,10H2,1-3H3. The highest BCUT2D eigenvalue weighted by atomic mass is 16.5. The van der Waals surface area contributed by atoms with E-state index in [1.807, 2.05) is 0 Å². The quantitative estimate of drug-likeness (QED) is 0.768. The molecule has 1 N–H and O–H groups in total. The average molecular weight is 342 g/mol. The van der Waals surface area contributed by atoms with Crippen molar-refractivity contribution >= 4 is 11.0 Å². The van der Waals surface area contributed by atoms with Crippen LogP contribution >= 0.6 is 0 Å². The predicted octanol–water partition coefficient (Wildman–Crippen LogP) is 2.98. The maximum atomic E-state index is 12.9. The molecule has 0 spiro atoms. The fraction of sp³-hybridized carbons (Fsp3) is 0.211. The molecule has 0 radical (unpaired) electrons. The van der Waals surface area contributed by atoms with E-state index in [0.717, 1.165) is 0 Å². The zero-order chi connectivity index (χ0) is 18.0. The molecule has 0 aliphatic carbocycles. The van der Waals surface area contributed by atoms with Crippen LogP contribution in [0.1, 0.15) is 5.56 Å². The normalized spacial score (nSPS) is 10.7. The van der Waals surface area contributed by atoms with Gasteiger partial charge in [0.2, 0.25) is 11.2 Å². The Morgan fingerprint density at radius 2 is 1.72 bits per heavy atom. The number of rotatable bonds is 5. The molecule has 3 aromatic rings. The van der Waals surface area contributed by atoms with Gasteiger partial charge in [0, 0.05) is 5.56 Å². The van der Waals surface area contributed by atoms with Crippen molar-refractivity contribution < 1.29 is 23.7 Å². The van der Waals surface area contributed by atoms with Gasteiger partial charge in [0.15, 0.2) is 5.76 Å². The third-order valence-corrected chi connectivity index (χ3v) is 3.94. The van der Waals surface area contributed by atoms with Gasteiger partial charge in [-0.15, -0.1) is 0 Å². The molecule has 1 aromatic heterocycles. The van der Waals surface area contributed by atoms with Crippen LogP contribution in [0, 0.1) is 0 Å². The Balaban J connectivity index is 2.33. The molecule has 0 atom stereocenters. The van der Waals surface area contributed by atoms with Crippen LogP contribution in [0.25, 0.3) is 22.3 Å². The summed E-state index contributed by atoms with van der Waals surface area (Å²) in [6, 6.07) is 10.3. The van der Waals surface area contributed by atoms with Crippen LogP contribution in [-0.4, -0.2) is 26.4 Å². The summed E-state index contributed by atoms with van der Waals surface area (Å²) in [6.07, 6.45) is 0. The first-order valence-electron chi connectivity index (χ1n) is 7.60. The van der Waals surface area contributed by atoms with Crippen LogP contribution in [0.5, 0.6) is 17.2 Å². The van der Waals surface area contributed by atoms with E-state index in [4.69, 9.17) is 18.6 Å². The molecular weight excluding hydrogens is 324 g/mol. The summed E-state index contributed by atoms with van der Waals surface area (Å²) >= 11 is 0. The fourth-order valence-corrected chi connectivity index (χ4v) is 2.69. The number of benzene rings is 2. The van der Waals surface area contributed by atoms with E-state index >= 15 is 0 Å². The number of aliphatic hydroxyl groups excluding tert-OH is 1. The second kappa shape index (κ2) is 6.86. The molecule has 0 fully saturated rings. The lowest BCUT2D eigenvalue weighted by Crippen LogP contribution is -2.09.